The van der Waals surface area contributed by atoms with E-state index < -0.39 is 6.49 Å². The molecule has 68 valence electrons. The summed E-state index contributed by atoms with van der Waals surface area (Å²) in [6.45, 7) is -2.42. The van der Waals surface area contributed by atoms with Gasteiger partial charge in [0, 0.05) is 24.1 Å². The first-order valence-corrected chi connectivity index (χ1v) is 7.57. The average Bonchev–Trinajstić information content (AvgIpc) is 1.97. The molecule has 0 aromatic carbocycles. The lowest BCUT2D eigenvalue weighted by Crippen LogP contribution is -1.91. The van der Waals surface area contributed by atoms with Gasteiger partial charge >= 0.3 is 0 Å². The van der Waals surface area contributed by atoms with Crippen LogP contribution >= 0.6 is 40.9 Å². The molecule has 0 atom stereocenters. The highest BCUT2D eigenvalue weighted by Gasteiger charge is 2.16. The highest BCUT2D eigenvalue weighted by molar-refractivity contribution is 7.89. The predicted octanol–water partition coefficient (Wildman–Crippen LogP) is 3.76. The van der Waals surface area contributed by atoms with Crippen LogP contribution in [0.15, 0.2) is 0 Å². The van der Waals surface area contributed by atoms with Crippen LogP contribution in [0.2, 0.25) is 0 Å². The van der Waals surface area contributed by atoms with Gasteiger partial charge in [-0.15, -0.1) is 23.2 Å². The Balaban J connectivity index is 3.53. The van der Waals surface area contributed by atoms with Crippen LogP contribution in [0, 0.1) is 0 Å². The van der Waals surface area contributed by atoms with Crippen molar-refractivity contribution in [2.45, 2.75) is 12.8 Å². The molecule has 0 aliphatic rings. The summed E-state index contributed by atoms with van der Waals surface area (Å²) in [7, 11) is 0. The zero-order valence-electron chi connectivity index (χ0n) is 6.23. The lowest BCUT2D eigenvalue weighted by molar-refractivity contribution is 0.582. The van der Waals surface area contributed by atoms with Gasteiger partial charge in [0.25, 0.3) is 0 Å². The average molecular weight is 237 g/mol. The number of hydrogen-bond donors (Lipinski definition) is 0. The van der Waals surface area contributed by atoms with Crippen molar-refractivity contribution in [2.24, 2.45) is 0 Å². The van der Waals surface area contributed by atoms with Crippen LogP contribution in [-0.4, -0.2) is 24.1 Å². The Labute approximate surface area is 82.6 Å². The second-order valence-corrected chi connectivity index (χ2v) is 7.40. The summed E-state index contributed by atoms with van der Waals surface area (Å²) < 4.78 is 11.4. The minimum Gasteiger partial charge on any atom is -0.307 e. The Morgan fingerprint density at radius 2 is 1.36 bits per heavy atom. The first-order chi connectivity index (χ1) is 5.12. The van der Waals surface area contributed by atoms with Crippen molar-refractivity contribution >= 4 is 40.9 Å². The molecule has 0 fully saturated rings. The zero-order valence-corrected chi connectivity index (χ0v) is 9.39. The van der Waals surface area contributed by atoms with Gasteiger partial charge in [0.2, 0.25) is 0 Å². The van der Waals surface area contributed by atoms with Crippen molar-refractivity contribution in [1.29, 1.82) is 0 Å². The van der Waals surface area contributed by atoms with Gasteiger partial charge in [-0.25, -0.2) is 0 Å². The molecule has 0 bridgehead atoms. The van der Waals surface area contributed by atoms with Crippen LogP contribution in [0.5, 0.6) is 0 Å². The number of rotatable bonds is 6. The van der Waals surface area contributed by atoms with Crippen LogP contribution in [-0.2, 0) is 4.57 Å². The Morgan fingerprint density at radius 1 is 1.00 bits per heavy atom. The van der Waals surface area contributed by atoms with Crippen LogP contribution in [0.25, 0.3) is 0 Å². The van der Waals surface area contributed by atoms with Gasteiger partial charge in [0.15, 0.2) is 6.49 Å². The standard InChI is InChI=1S/C6H12Cl3OP/c7-3-1-5-11(9,10)6-2-4-8/h1-6H2. The van der Waals surface area contributed by atoms with Gasteiger partial charge in [-0.2, -0.15) is 0 Å². The lowest BCUT2D eigenvalue weighted by atomic mass is 10.6. The maximum absolute atomic E-state index is 11.4. The molecule has 0 aromatic rings. The molecule has 0 radical (unpaired) electrons. The van der Waals surface area contributed by atoms with E-state index >= 15 is 0 Å². The normalized spacial score (nSPS) is 11.9. The molecular weight excluding hydrogens is 225 g/mol. The third-order valence-corrected chi connectivity index (χ3v) is 4.77. The number of alkyl halides is 2. The molecule has 5 heteroatoms. The lowest BCUT2D eigenvalue weighted by Gasteiger charge is -2.07. The zero-order chi connectivity index (χ0) is 8.74. The molecule has 0 aliphatic carbocycles. The smallest absolute Gasteiger partial charge is 0.169 e. The van der Waals surface area contributed by atoms with E-state index in [1.807, 2.05) is 0 Å². The van der Waals surface area contributed by atoms with Crippen molar-refractivity contribution in [1.82, 2.24) is 0 Å². The van der Waals surface area contributed by atoms with Crippen molar-refractivity contribution in [3.63, 3.8) is 0 Å². The first-order valence-electron chi connectivity index (χ1n) is 3.52. The second kappa shape index (κ2) is 6.60. The monoisotopic (exact) mass is 236 g/mol. The molecule has 1 nitrogen and oxygen atoms in total. The molecule has 0 unspecified atom stereocenters. The molecule has 0 aliphatic heterocycles. The molecule has 0 heterocycles. The van der Waals surface area contributed by atoms with E-state index in [-0.39, 0.29) is 0 Å². The maximum Gasteiger partial charge on any atom is 0.169 e. The van der Waals surface area contributed by atoms with E-state index in [1.165, 1.54) is 0 Å². The molecule has 0 aromatic heterocycles. The quantitative estimate of drug-likeness (QED) is 0.508. The number of hydrogen-bond acceptors (Lipinski definition) is 1. The second-order valence-electron chi connectivity index (χ2n) is 2.32. The molecule has 0 rings (SSSR count). The van der Waals surface area contributed by atoms with E-state index in [4.69, 9.17) is 34.4 Å². The summed E-state index contributed by atoms with van der Waals surface area (Å²) in [6, 6.07) is 0. The molecule has 0 saturated heterocycles. The molecule has 0 N–H and O–H groups in total. The largest absolute Gasteiger partial charge is 0.307 e. The van der Waals surface area contributed by atoms with Gasteiger partial charge in [-0.3, -0.25) is 0 Å². The molecule has 0 spiro atoms. The summed E-state index contributed by atoms with van der Waals surface area (Å²) in [4.78, 5) is 0. The molecular formula is C6H12Cl3OP. The summed E-state index contributed by atoms with van der Waals surface area (Å²) >= 11 is 16.6. The molecule has 11 heavy (non-hydrogen) atoms. The first kappa shape index (κ1) is 12.1. The van der Waals surface area contributed by atoms with E-state index in [0.29, 0.717) is 24.1 Å². The third kappa shape index (κ3) is 7.46. The predicted molar refractivity (Wildman–Crippen MR) is 53.9 cm³/mol. The molecule has 0 amide bonds. The van der Waals surface area contributed by atoms with Crippen molar-refractivity contribution in [3.8, 4) is 0 Å². The van der Waals surface area contributed by atoms with Crippen molar-refractivity contribution in [2.75, 3.05) is 24.1 Å². The van der Waals surface area contributed by atoms with E-state index in [9.17, 15) is 4.57 Å². The van der Waals surface area contributed by atoms with E-state index in [1.54, 1.807) is 0 Å². The third-order valence-electron chi connectivity index (χ3n) is 1.25. The Kier molecular flexibility index (Phi) is 7.26. The summed E-state index contributed by atoms with van der Waals surface area (Å²) in [5.74, 6) is 1.05. The minimum atomic E-state index is -2.42. The van der Waals surface area contributed by atoms with Crippen LogP contribution < -0.4 is 0 Å². The molecule has 0 saturated carbocycles. The van der Waals surface area contributed by atoms with E-state index in [2.05, 4.69) is 0 Å². The van der Waals surface area contributed by atoms with Gasteiger partial charge in [-0.1, -0.05) is 11.2 Å². The minimum absolute atomic E-state index is 0.525. The Bertz CT molecular complexity index is 128. The number of halogens is 3. The maximum atomic E-state index is 11.4. The van der Waals surface area contributed by atoms with Crippen molar-refractivity contribution in [3.05, 3.63) is 0 Å². The van der Waals surface area contributed by atoms with Crippen molar-refractivity contribution < 1.29 is 4.57 Å². The highest BCUT2D eigenvalue weighted by Crippen LogP contribution is 2.52. The highest BCUT2D eigenvalue weighted by atomic mass is 35.7. The summed E-state index contributed by atoms with van der Waals surface area (Å²) in [5.41, 5.74) is 0. The fraction of sp³-hybridized carbons (Fsp3) is 1.00. The fourth-order valence-corrected chi connectivity index (χ4v) is 3.54. The van der Waals surface area contributed by atoms with Gasteiger partial charge in [0.1, 0.15) is 0 Å². The fourth-order valence-electron chi connectivity index (χ4n) is 0.704. The Hall–Kier alpha value is 1.10. The summed E-state index contributed by atoms with van der Waals surface area (Å²) in [5, 5.41) is 0. The van der Waals surface area contributed by atoms with Crippen LogP contribution in [0.3, 0.4) is 0 Å². The SMILES string of the molecule is O=P(Cl)(CCCCl)CCCCl. The van der Waals surface area contributed by atoms with Gasteiger partial charge in [-0.05, 0) is 12.8 Å². The van der Waals surface area contributed by atoms with Gasteiger partial charge < -0.3 is 4.57 Å². The summed E-state index contributed by atoms with van der Waals surface area (Å²) in [6.07, 6.45) is 2.53. The van der Waals surface area contributed by atoms with Crippen LogP contribution in [0.1, 0.15) is 12.8 Å². The van der Waals surface area contributed by atoms with Crippen LogP contribution in [0.4, 0.5) is 0 Å². The van der Waals surface area contributed by atoms with Gasteiger partial charge in [0.05, 0.1) is 0 Å². The van der Waals surface area contributed by atoms with E-state index in [0.717, 1.165) is 12.8 Å². The Morgan fingerprint density at radius 3 is 1.64 bits per heavy atom. The topological polar surface area (TPSA) is 17.1 Å².